The molecule has 0 radical (unpaired) electrons. The number of hydrogen-bond donors (Lipinski definition) is 3. The number of rotatable bonds is 3. The average molecular weight is 430 g/mol. The van der Waals surface area contributed by atoms with Crippen LogP contribution in [0.2, 0.25) is 0 Å². The smallest absolute Gasteiger partial charge is 0.414 e. The summed E-state index contributed by atoms with van der Waals surface area (Å²) in [7, 11) is 1.99. The van der Waals surface area contributed by atoms with Crippen LogP contribution in [-0.2, 0) is 9.59 Å². The molecule has 0 spiro atoms. The fourth-order valence-corrected chi connectivity index (χ4v) is 3.33. The topological polar surface area (TPSA) is 86.6 Å². The van der Waals surface area contributed by atoms with E-state index in [-0.39, 0.29) is 0 Å². The van der Waals surface area contributed by atoms with Gasteiger partial charge in [0.15, 0.2) is 0 Å². The molecule has 140 valence electrons. The summed E-state index contributed by atoms with van der Waals surface area (Å²) in [6.45, 7) is 0.989. The van der Waals surface area contributed by atoms with Gasteiger partial charge in [0, 0.05) is 4.48 Å². The standard InChI is InChI=1S/C19H18BrN.C2H2O4/c1-21-12-6-11-16-15-8-3-2-7-14(15)13-19(20)18-10-5-4-9-17(16)18;3-1(4)2(5)6/h2-5,7-11,13,21H,6,12H2,1H3;(H,3,4)(H,5,6). The normalized spacial score (nSPS) is 13.4. The predicted molar refractivity (Wildman–Crippen MR) is 111 cm³/mol. The summed E-state index contributed by atoms with van der Waals surface area (Å²) in [6.07, 6.45) is 5.58. The summed E-state index contributed by atoms with van der Waals surface area (Å²) in [4.78, 5) is 18.2. The molecular weight excluding hydrogens is 410 g/mol. The van der Waals surface area contributed by atoms with Crippen molar-refractivity contribution < 1.29 is 19.8 Å². The molecule has 0 saturated carbocycles. The monoisotopic (exact) mass is 429 g/mol. The molecule has 0 unspecified atom stereocenters. The second-order valence-corrected chi connectivity index (χ2v) is 6.60. The molecule has 5 nitrogen and oxygen atoms in total. The first-order valence-corrected chi connectivity index (χ1v) is 9.12. The second kappa shape index (κ2) is 9.85. The highest BCUT2D eigenvalue weighted by molar-refractivity contribution is 9.15. The van der Waals surface area contributed by atoms with Gasteiger partial charge in [0.25, 0.3) is 0 Å². The third-order valence-electron chi connectivity index (χ3n) is 3.93. The van der Waals surface area contributed by atoms with Gasteiger partial charge < -0.3 is 15.5 Å². The van der Waals surface area contributed by atoms with Crippen LogP contribution in [0.1, 0.15) is 28.7 Å². The van der Waals surface area contributed by atoms with E-state index in [1.807, 2.05) is 7.05 Å². The quantitative estimate of drug-likeness (QED) is 0.505. The Bertz CT molecular complexity index is 891. The van der Waals surface area contributed by atoms with Gasteiger partial charge in [-0.1, -0.05) is 70.5 Å². The van der Waals surface area contributed by atoms with Crippen molar-refractivity contribution in [3.8, 4) is 0 Å². The van der Waals surface area contributed by atoms with E-state index in [1.165, 1.54) is 27.8 Å². The lowest BCUT2D eigenvalue weighted by Gasteiger charge is -2.12. The van der Waals surface area contributed by atoms with E-state index in [2.05, 4.69) is 81.9 Å². The molecule has 0 fully saturated rings. The summed E-state index contributed by atoms with van der Waals surface area (Å²) in [5.74, 6) is -3.65. The lowest BCUT2D eigenvalue weighted by Crippen LogP contribution is -2.09. The van der Waals surface area contributed by atoms with Crippen LogP contribution in [0.4, 0.5) is 0 Å². The molecule has 0 atom stereocenters. The van der Waals surface area contributed by atoms with Crippen molar-refractivity contribution in [2.75, 3.05) is 13.6 Å². The Kier molecular flexibility index (Phi) is 7.52. The van der Waals surface area contributed by atoms with Crippen molar-refractivity contribution in [3.05, 3.63) is 76.9 Å². The van der Waals surface area contributed by atoms with Gasteiger partial charge in [0.05, 0.1) is 0 Å². The maximum Gasteiger partial charge on any atom is 0.414 e. The number of carboxylic acid groups (broad SMARTS) is 2. The van der Waals surface area contributed by atoms with E-state index in [9.17, 15) is 0 Å². The van der Waals surface area contributed by atoms with E-state index >= 15 is 0 Å². The largest absolute Gasteiger partial charge is 0.473 e. The van der Waals surface area contributed by atoms with Crippen LogP contribution >= 0.6 is 15.9 Å². The molecule has 27 heavy (non-hydrogen) atoms. The molecule has 1 aliphatic carbocycles. The van der Waals surface area contributed by atoms with Gasteiger partial charge in [0.1, 0.15) is 0 Å². The van der Waals surface area contributed by atoms with Gasteiger partial charge in [-0.05, 0) is 53.9 Å². The highest BCUT2D eigenvalue weighted by atomic mass is 79.9. The lowest BCUT2D eigenvalue weighted by molar-refractivity contribution is -0.159. The molecule has 0 amide bonds. The molecule has 2 aromatic carbocycles. The molecule has 3 rings (SSSR count). The number of benzene rings is 2. The SMILES string of the molecule is CNCCC=C1c2ccccc2C=C(Br)c2ccccc21.O=C(O)C(=O)O. The van der Waals surface area contributed by atoms with Gasteiger partial charge in [-0.2, -0.15) is 0 Å². The number of nitrogens with one attached hydrogen (secondary N) is 1. The zero-order valence-corrected chi connectivity index (χ0v) is 16.4. The van der Waals surface area contributed by atoms with Gasteiger partial charge in [-0.25, -0.2) is 9.59 Å². The summed E-state index contributed by atoms with van der Waals surface area (Å²) in [5.41, 5.74) is 6.43. The zero-order chi connectivity index (χ0) is 19.8. The van der Waals surface area contributed by atoms with Crippen LogP contribution in [0, 0.1) is 0 Å². The summed E-state index contributed by atoms with van der Waals surface area (Å²) in [5, 5.41) is 18.0. The van der Waals surface area contributed by atoms with E-state index in [0.29, 0.717) is 0 Å². The van der Waals surface area contributed by atoms with E-state index < -0.39 is 11.9 Å². The first-order chi connectivity index (χ1) is 13.0. The Hall–Kier alpha value is -2.70. The minimum Gasteiger partial charge on any atom is -0.473 e. The number of hydrogen-bond acceptors (Lipinski definition) is 3. The summed E-state index contributed by atoms with van der Waals surface area (Å²) >= 11 is 3.74. The summed E-state index contributed by atoms with van der Waals surface area (Å²) < 4.78 is 1.14. The van der Waals surface area contributed by atoms with E-state index in [0.717, 1.165) is 17.4 Å². The third kappa shape index (κ3) is 5.39. The van der Waals surface area contributed by atoms with Crippen LogP contribution in [0.25, 0.3) is 16.1 Å². The van der Waals surface area contributed by atoms with Crippen LogP contribution in [-0.4, -0.2) is 35.7 Å². The molecule has 0 aliphatic heterocycles. The highest BCUT2D eigenvalue weighted by Crippen LogP contribution is 2.39. The Morgan fingerprint density at radius 2 is 1.52 bits per heavy atom. The predicted octanol–water partition coefficient (Wildman–Crippen LogP) is 4.09. The van der Waals surface area contributed by atoms with Gasteiger partial charge in [0.2, 0.25) is 0 Å². The van der Waals surface area contributed by atoms with Crippen LogP contribution in [0.5, 0.6) is 0 Å². The first-order valence-electron chi connectivity index (χ1n) is 8.33. The number of halogens is 1. The molecule has 0 aromatic heterocycles. The molecular formula is C21H20BrNO4. The average Bonchev–Trinajstić information content (AvgIpc) is 2.77. The maximum atomic E-state index is 9.10. The second-order valence-electron chi connectivity index (χ2n) is 5.75. The van der Waals surface area contributed by atoms with Crippen LogP contribution in [0.15, 0.2) is 54.6 Å². The number of carbonyl (C=O) groups is 2. The van der Waals surface area contributed by atoms with Crippen molar-refractivity contribution in [2.24, 2.45) is 0 Å². The molecule has 1 aliphatic rings. The Labute approximate surface area is 166 Å². The molecule has 0 bridgehead atoms. The number of fused-ring (bicyclic) bond motifs is 2. The fourth-order valence-electron chi connectivity index (χ4n) is 2.73. The zero-order valence-electron chi connectivity index (χ0n) is 14.8. The van der Waals surface area contributed by atoms with Crippen molar-refractivity contribution in [2.45, 2.75) is 6.42 Å². The van der Waals surface area contributed by atoms with Gasteiger partial charge in [-0.15, -0.1) is 0 Å². The minimum atomic E-state index is -1.82. The molecule has 6 heteroatoms. The van der Waals surface area contributed by atoms with Crippen molar-refractivity contribution in [3.63, 3.8) is 0 Å². The van der Waals surface area contributed by atoms with Crippen molar-refractivity contribution in [1.29, 1.82) is 0 Å². The molecule has 3 N–H and O–H groups in total. The molecule has 0 saturated heterocycles. The number of carboxylic acids is 2. The van der Waals surface area contributed by atoms with Crippen molar-refractivity contribution in [1.82, 2.24) is 5.32 Å². The Morgan fingerprint density at radius 1 is 0.963 bits per heavy atom. The van der Waals surface area contributed by atoms with Gasteiger partial charge >= 0.3 is 11.9 Å². The summed E-state index contributed by atoms with van der Waals surface area (Å²) in [6, 6.07) is 17.2. The fraction of sp³-hybridized carbons (Fsp3) is 0.143. The lowest BCUT2D eigenvalue weighted by atomic mass is 9.93. The first kappa shape index (κ1) is 20.6. The van der Waals surface area contributed by atoms with Crippen LogP contribution < -0.4 is 5.32 Å². The van der Waals surface area contributed by atoms with Gasteiger partial charge in [-0.3, -0.25) is 0 Å². The van der Waals surface area contributed by atoms with Crippen LogP contribution in [0.3, 0.4) is 0 Å². The molecule has 0 heterocycles. The van der Waals surface area contributed by atoms with Crippen molar-refractivity contribution >= 4 is 44.0 Å². The Morgan fingerprint density at radius 3 is 2.11 bits per heavy atom. The molecule has 2 aromatic rings. The minimum absolute atomic E-state index is 0.989. The highest BCUT2D eigenvalue weighted by Gasteiger charge is 2.17. The number of aliphatic carboxylic acids is 2. The third-order valence-corrected chi connectivity index (χ3v) is 4.59. The maximum absolute atomic E-state index is 9.10. The van der Waals surface area contributed by atoms with E-state index in [4.69, 9.17) is 19.8 Å². The van der Waals surface area contributed by atoms with E-state index in [1.54, 1.807) is 0 Å². The Balaban J connectivity index is 0.000000380.